The van der Waals surface area contributed by atoms with E-state index in [1.54, 1.807) is 0 Å². The number of hydrogen-bond acceptors (Lipinski definition) is 3. The van der Waals surface area contributed by atoms with Crippen molar-refractivity contribution in [3.8, 4) is 0 Å². The second-order valence-corrected chi connectivity index (χ2v) is 5.57. The first-order chi connectivity index (χ1) is 4.52. The smallest absolute Gasteiger partial charge is 0.110 e. The summed E-state index contributed by atoms with van der Waals surface area (Å²) in [5.74, 6) is 0. The number of hydrogen-bond donors (Lipinski definition) is 0. The highest BCUT2D eigenvalue weighted by Gasteiger charge is 2.24. The van der Waals surface area contributed by atoms with Crippen LogP contribution >= 0.6 is 24.2 Å². The van der Waals surface area contributed by atoms with Gasteiger partial charge in [-0.15, -0.1) is 0 Å². The highest BCUT2D eigenvalue weighted by Crippen LogP contribution is 2.24. The molecule has 0 fully saturated rings. The van der Waals surface area contributed by atoms with E-state index >= 15 is 0 Å². The first-order valence-electron chi connectivity index (χ1n) is 2.98. The Bertz CT molecular complexity index is 230. The van der Waals surface area contributed by atoms with Crippen molar-refractivity contribution >= 4 is 44.4 Å². The maximum atomic E-state index is 5.10. The van der Waals surface area contributed by atoms with E-state index in [2.05, 4.69) is 24.5 Å². The molecule has 0 aromatic carbocycles. The summed E-state index contributed by atoms with van der Waals surface area (Å²) in [7, 11) is 0. The minimum absolute atomic E-state index is 0.175. The van der Waals surface area contributed by atoms with E-state index in [0.717, 1.165) is 4.20 Å². The van der Waals surface area contributed by atoms with Crippen LogP contribution in [0.1, 0.15) is 20.8 Å². The van der Waals surface area contributed by atoms with E-state index in [4.69, 9.17) is 12.2 Å². The lowest BCUT2D eigenvalue weighted by atomic mass is 9.93. The van der Waals surface area contributed by atoms with Gasteiger partial charge in [-0.3, -0.25) is 0 Å². The molecule has 56 valence electrons. The minimum Gasteiger partial charge on any atom is -0.153 e. The Labute approximate surface area is 74.4 Å². The van der Waals surface area contributed by atoms with Crippen LogP contribution in [-0.2, 0) is 11.1 Å². The van der Waals surface area contributed by atoms with Gasteiger partial charge in [0.25, 0.3) is 0 Å². The van der Waals surface area contributed by atoms with Crippen LogP contribution in [0.25, 0.3) is 0 Å². The summed E-state index contributed by atoms with van der Waals surface area (Å²) in [5, 5.41) is 0. The van der Waals surface area contributed by atoms with Crippen LogP contribution < -0.4 is 0 Å². The molecule has 1 nitrogen and oxygen atoms in total. The average Bonchev–Trinajstić information content (AvgIpc) is 2.11. The van der Waals surface area contributed by atoms with Crippen LogP contribution in [-0.4, -0.2) is 9.06 Å². The number of nitrogens with zero attached hydrogens (tertiary/aromatic N) is 1. The van der Waals surface area contributed by atoms with Crippen LogP contribution in [0.15, 0.2) is 3.77 Å². The first kappa shape index (κ1) is 8.43. The van der Waals surface area contributed by atoms with Crippen LogP contribution in [0.4, 0.5) is 0 Å². The standard InChI is InChI=1S/C6H9NS3/c1-6(2,3)4-5(8)10-7-9-4/h1-3H3. The maximum absolute atomic E-state index is 5.10. The fraction of sp³-hybridized carbons (Fsp3) is 0.667. The molecule has 0 spiro atoms. The summed E-state index contributed by atoms with van der Waals surface area (Å²) in [6, 6.07) is 0. The van der Waals surface area contributed by atoms with Crippen LogP contribution in [0.5, 0.6) is 0 Å². The van der Waals surface area contributed by atoms with Gasteiger partial charge >= 0.3 is 0 Å². The van der Waals surface area contributed by atoms with Gasteiger partial charge in [0.05, 0.1) is 4.86 Å². The predicted molar refractivity (Wildman–Crippen MR) is 54.4 cm³/mol. The van der Waals surface area contributed by atoms with E-state index in [1.807, 2.05) is 0 Å². The van der Waals surface area contributed by atoms with Gasteiger partial charge in [0, 0.05) is 11.9 Å². The molecule has 1 aliphatic rings. The van der Waals surface area contributed by atoms with Crippen molar-refractivity contribution in [2.24, 2.45) is 9.18 Å². The zero-order chi connectivity index (χ0) is 7.78. The fourth-order valence-corrected chi connectivity index (χ4v) is 2.98. The van der Waals surface area contributed by atoms with Crippen molar-refractivity contribution < 1.29 is 0 Å². The zero-order valence-corrected chi connectivity index (χ0v) is 8.62. The van der Waals surface area contributed by atoms with Gasteiger partial charge < -0.3 is 0 Å². The average molecular weight is 191 g/mol. The van der Waals surface area contributed by atoms with Crippen molar-refractivity contribution in [2.45, 2.75) is 20.8 Å². The molecular formula is C6H9NS3. The number of rotatable bonds is 0. The lowest BCUT2D eigenvalue weighted by molar-refractivity contribution is 0.608. The molecule has 0 amide bonds. The minimum atomic E-state index is 0.175. The molecule has 4 heteroatoms. The van der Waals surface area contributed by atoms with Crippen molar-refractivity contribution in [2.75, 3.05) is 0 Å². The Morgan fingerprint density at radius 2 is 2.00 bits per heavy atom. The molecule has 0 atom stereocenters. The van der Waals surface area contributed by atoms with E-state index in [-0.39, 0.29) is 5.41 Å². The number of thiocarbonyl (C=S) groups is 1. The van der Waals surface area contributed by atoms with Gasteiger partial charge in [0.15, 0.2) is 0 Å². The molecule has 0 saturated carbocycles. The molecule has 0 bridgehead atoms. The summed E-state index contributed by atoms with van der Waals surface area (Å²) in [6.45, 7) is 6.47. The normalized spacial score (nSPS) is 18.7. The summed E-state index contributed by atoms with van der Waals surface area (Å²) in [6.07, 6.45) is 0. The molecule has 1 rings (SSSR count). The van der Waals surface area contributed by atoms with Gasteiger partial charge in [-0.1, -0.05) is 33.0 Å². The van der Waals surface area contributed by atoms with Gasteiger partial charge in [0.2, 0.25) is 0 Å². The second kappa shape index (κ2) is 2.75. The molecule has 1 aliphatic heterocycles. The van der Waals surface area contributed by atoms with Crippen LogP contribution in [0.2, 0.25) is 0 Å². The topological polar surface area (TPSA) is 12.4 Å². The largest absolute Gasteiger partial charge is 0.153 e. The zero-order valence-electron chi connectivity index (χ0n) is 6.17. The molecule has 0 saturated heterocycles. The molecule has 0 unspecified atom stereocenters. The first-order valence-corrected chi connectivity index (χ1v) is 4.93. The lowest BCUT2D eigenvalue weighted by Gasteiger charge is -2.16. The highest BCUT2D eigenvalue weighted by molar-refractivity contribution is 8.29. The van der Waals surface area contributed by atoms with E-state index < -0.39 is 0 Å². The maximum Gasteiger partial charge on any atom is 0.110 e. The third-order valence-corrected chi connectivity index (χ3v) is 3.77. The lowest BCUT2D eigenvalue weighted by Crippen LogP contribution is -2.23. The Morgan fingerprint density at radius 3 is 2.20 bits per heavy atom. The molecule has 0 N–H and O–H groups in total. The summed E-state index contributed by atoms with van der Waals surface area (Å²) >= 11 is 8.04. The van der Waals surface area contributed by atoms with E-state index in [1.165, 1.54) is 28.0 Å². The SMILES string of the molecule is CC(C)(C)C1=S=NSC1=S. The molecule has 0 radical (unpaired) electrons. The van der Waals surface area contributed by atoms with Gasteiger partial charge in [-0.05, 0) is 16.6 Å². The Kier molecular flexibility index (Phi) is 2.32. The summed E-state index contributed by atoms with van der Waals surface area (Å²) in [4.78, 5) is 1.23. The molecular weight excluding hydrogens is 182 g/mol. The molecule has 0 aromatic rings. The van der Waals surface area contributed by atoms with Crippen molar-refractivity contribution in [1.29, 1.82) is 0 Å². The summed E-state index contributed by atoms with van der Waals surface area (Å²) < 4.78 is 5.01. The predicted octanol–water partition coefficient (Wildman–Crippen LogP) is 2.46. The Morgan fingerprint density at radius 1 is 1.40 bits per heavy atom. The fourth-order valence-electron chi connectivity index (χ4n) is 0.612. The van der Waals surface area contributed by atoms with E-state index in [9.17, 15) is 0 Å². The van der Waals surface area contributed by atoms with Crippen molar-refractivity contribution in [1.82, 2.24) is 0 Å². The molecule has 1 heterocycles. The van der Waals surface area contributed by atoms with Crippen LogP contribution in [0, 0.1) is 5.41 Å². The molecule has 0 aliphatic carbocycles. The summed E-state index contributed by atoms with van der Waals surface area (Å²) in [5.41, 5.74) is 0.175. The van der Waals surface area contributed by atoms with Crippen LogP contribution in [0.3, 0.4) is 0 Å². The van der Waals surface area contributed by atoms with Gasteiger partial charge in [0.1, 0.15) is 4.20 Å². The monoisotopic (exact) mass is 191 g/mol. The molecule has 0 aromatic heterocycles. The third kappa shape index (κ3) is 1.68. The van der Waals surface area contributed by atoms with Crippen molar-refractivity contribution in [3.05, 3.63) is 0 Å². The Hall–Kier alpha value is 0.330. The van der Waals surface area contributed by atoms with Gasteiger partial charge in [-0.2, -0.15) is 3.77 Å². The van der Waals surface area contributed by atoms with Crippen molar-refractivity contribution in [3.63, 3.8) is 0 Å². The Balaban J connectivity index is 2.94. The van der Waals surface area contributed by atoms with Gasteiger partial charge in [-0.25, -0.2) is 0 Å². The van der Waals surface area contributed by atoms with E-state index in [0.29, 0.717) is 0 Å². The second-order valence-electron chi connectivity index (χ2n) is 3.12. The highest BCUT2D eigenvalue weighted by atomic mass is 32.2. The molecule has 10 heavy (non-hydrogen) atoms. The quantitative estimate of drug-likeness (QED) is 0.431. The third-order valence-electron chi connectivity index (χ3n) is 1.12.